The standard InChI is InChI=1S/C14H12BrNO2/c15-13-6-5-12(18-13)14(17)16-11-7-9-3-1-2-4-10(9)8-11/h1-6,11H,7-8H2,(H,16,17). The van der Waals surface area contributed by atoms with Gasteiger partial charge in [-0.2, -0.15) is 0 Å². The summed E-state index contributed by atoms with van der Waals surface area (Å²) in [6.07, 6.45) is 1.79. The maximum Gasteiger partial charge on any atom is 0.287 e. The lowest BCUT2D eigenvalue weighted by Gasteiger charge is -2.10. The summed E-state index contributed by atoms with van der Waals surface area (Å²) in [6.45, 7) is 0. The second-order valence-corrected chi connectivity index (χ2v) is 5.23. The van der Waals surface area contributed by atoms with Gasteiger partial charge in [0.25, 0.3) is 5.91 Å². The summed E-state index contributed by atoms with van der Waals surface area (Å²) in [7, 11) is 0. The molecule has 3 nitrogen and oxygen atoms in total. The second-order valence-electron chi connectivity index (χ2n) is 4.45. The van der Waals surface area contributed by atoms with E-state index in [1.54, 1.807) is 12.1 Å². The predicted octanol–water partition coefficient (Wildman–Crippen LogP) is 2.94. The molecule has 18 heavy (non-hydrogen) atoms. The van der Waals surface area contributed by atoms with E-state index in [-0.39, 0.29) is 11.9 Å². The van der Waals surface area contributed by atoms with Crippen LogP contribution in [0.15, 0.2) is 45.5 Å². The Morgan fingerprint density at radius 3 is 2.39 bits per heavy atom. The number of halogens is 1. The van der Waals surface area contributed by atoms with Gasteiger partial charge in [-0.1, -0.05) is 24.3 Å². The van der Waals surface area contributed by atoms with Gasteiger partial charge in [-0.3, -0.25) is 4.79 Å². The van der Waals surface area contributed by atoms with Gasteiger partial charge >= 0.3 is 0 Å². The molecule has 1 aromatic carbocycles. The van der Waals surface area contributed by atoms with Gasteiger partial charge in [0, 0.05) is 6.04 Å². The largest absolute Gasteiger partial charge is 0.444 e. The van der Waals surface area contributed by atoms with E-state index in [2.05, 4.69) is 33.4 Å². The van der Waals surface area contributed by atoms with E-state index in [0.717, 1.165) is 12.8 Å². The number of benzene rings is 1. The summed E-state index contributed by atoms with van der Waals surface area (Å²) in [5.41, 5.74) is 2.65. The highest BCUT2D eigenvalue weighted by atomic mass is 79.9. The molecule has 2 aromatic rings. The number of nitrogens with one attached hydrogen (secondary N) is 1. The summed E-state index contributed by atoms with van der Waals surface area (Å²) in [6, 6.07) is 11.9. The molecule has 3 rings (SSSR count). The quantitative estimate of drug-likeness (QED) is 0.927. The third-order valence-corrected chi connectivity index (χ3v) is 3.61. The average molecular weight is 306 g/mol. The minimum absolute atomic E-state index is 0.154. The monoisotopic (exact) mass is 305 g/mol. The van der Waals surface area contributed by atoms with E-state index in [9.17, 15) is 4.79 Å². The van der Waals surface area contributed by atoms with Crippen molar-refractivity contribution >= 4 is 21.8 Å². The molecule has 0 atom stereocenters. The number of furan rings is 1. The van der Waals surface area contributed by atoms with Crippen LogP contribution in [0.3, 0.4) is 0 Å². The molecule has 0 fully saturated rings. The fourth-order valence-electron chi connectivity index (χ4n) is 2.35. The Balaban J connectivity index is 1.68. The number of hydrogen-bond acceptors (Lipinski definition) is 2. The van der Waals surface area contributed by atoms with Crippen molar-refractivity contribution < 1.29 is 9.21 Å². The smallest absolute Gasteiger partial charge is 0.287 e. The Kier molecular flexibility index (Phi) is 2.96. The lowest BCUT2D eigenvalue weighted by molar-refractivity contribution is 0.0909. The van der Waals surface area contributed by atoms with Crippen molar-refractivity contribution in [1.29, 1.82) is 0 Å². The summed E-state index contributed by atoms with van der Waals surface area (Å²) in [5.74, 6) is 0.191. The van der Waals surface area contributed by atoms with Gasteiger partial charge in [-0.25, -0.2) is 0 Å². The third-order valence-electron chi connectivity index (χ3n) is 3.18. The van der Waals surface area contributed by atoms with Gasteiger partial charge in [0.05, 0.1) is 0 Å². The van der Waals surface area contributed by atoms with Crippen LogP contribution in [0.5, 0.6) is 0 Å². The van der Waals surface area contributed by atoms with Crippen molar-refractivity contribution in [2.75, 3.05) is 0 Å². The molecule has 0 unspecified atom stereocenters. The van der Waals surface area contributed by atoms with E-state index in [1.807, 2.05) is 12.1 Å². The predicted molar refractivity (Wildman–Crippen MR) is 71.5 cm³/mol. The van der Waals surface area contributed by atoms with Crippen LogP contribution in [0.25, 0.3) is 0 Å². The Morgan fingerprint density at radius 2 is 1.83 bits per heavy atom. The number of hydrogen-bond donors (Lipinski definition) is 1. The van der Waals surface area contributed by atoms with Crippen LogP contribution in [0.2, 0.25) is 0 Å². The molecule has 4 heteroatoms. The molecule has 0 aliphatic heterocycles. The molecule has 1 aliphatic rings. The van der Waals surface area contributed by atoms with Crippen LogP contribution in [-0.4, -0.2) is 11.9 Å². The molecule has 1 N–H and O–H groups in total. The fourth-order valence-corrected chi connectivity index (χ4v) is 2.66. The van der Waals surface area contributed by atoms with Crippen molar-refractivity contribution in [2.45, 2.75) is 18.9 Å². The van der Waals surface area contributed by atoms with E-state index in [1.165, 1.54) is 11.1 Å². The Bertz CT molecular complexity index is 566. The van der Waals surface area contributed by atoms with Crippen molar-refractivity contribution in [3.8, 4) is 0 Å². The molecule has 1 aromatic heterocycles. The lowest BCUT2D eigenvalue weighted by Crippen LogP contribution is -2.35. The Labute approximate surface area is 113 Å². The summed E-state index contributed by atoms with van der Waals surface area (Å²) >= 11 is 3.19. The number of fused-ring (bicyclic) bond motifs is 1. The van der Waals surface area contributed by atoms with Gasteiger partial charge in [0.1, 0.15) is 0 Å². The fraction of sp³-hybridized carbons (Fsp3) is 0.214. The van der Waals surface area contributed by atoms with Gasteiger partial charge in [-0.05, 0) is 52.0 Å². The zero-order valence-electron chi connectivity index (χ0n) is 9.65. The normalized spacial score (nSPS) is 14.5. The molecular formula is C14H12BrNO2. The molecule has 1 aliphatic carbocycles. The van der Waals surface area contributed by atoms with Crippen LogP contribution < -0.4 is 5.32 Å². The van der Waals surface area contributed by atoms with Crippen LogP contribution >= 0.6 is 15.9 Å². The van der Waals surface area contributed by atoms with Crippen LogP contribution in [0, 0.1) is 0 Å². The maximum absolute atomic E-state index is 11.9. The zero-order valence-corrected chi connectivity index (χ0v) is 11.2. The molecular weight excluding hydrogens is 294 g/mol. The van der Waals surface area contributed by atoms with Gasteiger partial charge in [0.2, 0.25) is 0 Å². The minimum Gasteiger partial charge on any atom is -0.444 e. The Hall–Kier alpha value is -1.55. The molecule has 0 saturated carbocycles. The van der Waals surface area contributed by atoms with Crippen molar-refractivity contribution in [3.63, 3.8) is 0 Å². The van der Waals surface area contributed by atoms with E-state index < -0.39 is 0 Å². The molecule has 0 radical (unpaired) electrons. The summed E-state index contributed by atoms with van der Waals surface area (Å²) in [5, 5.41) is 3.00. The molecule has 0 saturated heterocycles. The van der Waals surface area contributed by atoms with Gasteiger partial charge in [0.15, 0.2) is 10.4 Å². The van der Waals surface area contributed by atoms with Gasteiger partial charge in [-0.15, -0.1) is 0 Å². The number of carbonyl (C=O) groups is 1. The highest BCUT2D eigenvalue weighted by molar-refractivity contribution is 9.10. The number of rotatable bonds is 2. The van der Waals surface area contributed by atoms with E-state index in [0.29, 0.717) is 10.4 Å². The molecule has 1 heterocycles. The SMILES string of the molecule is O=C(NC1Cc2ccccc2C1)c1ccc(Br)o1. The minimum atomic E-state index is -0.154. The van der Waals surface area contributed by atoms with Crippen LogP contribution in [-0.2, 0) is 12.8 Å². The average Bonchev–Trinajstić information content (AvgIpc) is 2.94. The zero-order chi connectivity index (χ0) is 12.5. The molecule has 92 valence electrons. The third kappa shape index (κ3) is 2.20. The molecule has 1 amide bonds. The first-order valence-corrected chi connectivity index (χ1v) is 6.64. The second kappa shape index (κ2) is 4.61. The van der Waals surface area contributed by atoms with E-state index in [4.69, 9.17) is 4.42 Å². The highest BCUT2D eigenvalue weighted by Gasteiger charge is 2.23. The number of amides is 1. The van der Waals surface area contributed by atoms with Crippen molar-refractivity contribution in [2.24, 2.45) is 0 Å². The summed E-state index contributed by atoms with van der Waals surface area (Å²) < 4.78 is 5.81. The Morgan fingerprint density at radius 1 is 1.17 bits per heavy atom. The first kappa shape index (κ1) is 11.5. The lowest BCUT2D eigenvalue weighted by atomic mass is 10.1. The van der Waals surface area contributed by atoms with Crippen molar-refractivity contribution in [3.05, 3.63) is 58.0 Å². The first-order valence-electron chi connectivity index (χ1n) is 5.85. The maximum atomic E-state index is 11.9. The van der Waals surface area contributed by atoms with Crippen molar-refractivity contribution in [1.82, 2.24) is 5.32 Å². The highest BCUT2D eigenvalue weighted by Crippen LogP contribution is 2.22. The van der Waals surface area contributed by atoms with E-state index >= 15 is 0 Å². The first-order chi connectivity index (χ1) is 8.72. The topological polar surface area (TPSA) is 42.2 Å². The molecule has 0 bridgehead atoms. The molecule has 0 spiro atoms. The van der Waals surface area contributed by atoms with Crippen LogP contribution in [0.4, 0.5) is 0 Å². The number of carbonyl (C=O) groups excluding carboxylic acids is 1. The van der Waals surface area contributed by atoms with Crippen LogP contribution in [0.1, 0.15) is 21.7 Å². The van der Waals surface area contributed by atoms with Gasteiger partial charge < -0.3 is 9.73 Å². The summed E-state index contributed by atoms with van der Waals surface area (Å²) in [4.78, 5) is 11.9.